The topological polar surface area (TPSA) is 188 Å². The highest BCUT2D eigenvalue weighted by atomic mass is 16.6. The molecule has 4 bridgehead atoms. The van der Waals surface area contributed by atoms with Gasteiger partial charge in [0.1, 0.15) is 35.2 Å². The molecule has 2 aromatic carbocycles. The number of fused-ring (bicyclic) bond motifs is 5. The summed E-state index contributed by atoms with van der Waals surface area (Å²) in [5.74, 6) is -1.45. The average molecular weight is 684 g/mol. The van der Waals surface area contributed by atoms with Crippen LogP contribution >= 0.6 is 0 Å². The van der Waals surface area contributed by atoms with Crippen LogP contribution in [0, 0.1) is 0 Å². The smallest absolute Gasteiger partial charge is 0.407 e. The summed E-state index contributed by atoms with van der Waals surface area (Å²) in [5.41, 5.74) is 8.02. The first-order chi connectivity index (χ1) is 23.1. The molecule has 1 aliphatic rings. The Morgan fingerprint density at radius 3 is 2.20 bits per heavy atom. The lowest BCUT2D eigenvalue weighted by atomic mass is 9.93. The lowest BCUT2D eigenvalue weighted by Crippen LogP contribution is -2.54. The minimum absolute atomic E-state index is 0.104. The number of ether oxygens (including phenoxy) is 4. The van der Waals surface area contributed by atoms with E-state index in [1.165, 1.54) is 40.2 Å². The van der Waals surface area contributed by atoms with Crippen LogP contribution in [-0.2, 0) is 35.1 Å². The fourth-order valence-electron chi connectivity index (χ4n) is 5.48. The van der Waals surface area contributed by atoms with Crippen LogP contribution in [0.2, 0.25) is 0 Å². The van der Waals surface area contributed by atoms with Crippen molar-refractivity contribution in [1.82, 2.24) is 20.9 Å². The van der Waals surface area contributed by atoms with Crippen molar-refractivity contribution in [2.24, 2.45) is 5.73 Å². The van der Waals surface area contributed by atoms with Gasteiger partial charge in [-0.3, -0.25) is 14.4 Å². The monoisotopic (exact) mass is 683 g/mol. The van der Waals surface area contributed by atoms with Crippen molar-refractivity contribution >= 4 is 29.8 Å². The molecule has 14 nitrogen and oxygen atoms in total. The van der Waals surface area contributed by atoms with Gasteiger partial charge in [0.05, 0.1) is 27.4 Å². The zero-order chi connectivity index (χ0) is 36.5. The molecule has 0 aliphatic carbocycles. The van der Waals surface area contributed by atoms with E-state index in [2.05, 4.69) is 16.0 Å². The van der Waals surface area contributed by atoms with Gasteiger partial charge >= 0.3 is 12.1 Å². The van der Waals surface area contributed by atoms with Gasteiger partial charge < -0.3 is 45.5 Å². The van der Waals surface area contributed by atoms with Crippen LogP contribution in [0.5, 0.6) is 11.5 Å². The van der Waals surface area contributed by atoms with Crippen molar-refractivity contribution < 1.29 is 42.9 Å². The average Bonchev–Trinajstić information content (AvgIpc) is 3.05. The number of unbranched alkanes of at least 4 members (excludes halogenated alkanes) is 1. The van der Waals surface area contributed by atoms with Gasteiger partial charge in [-0.1, -0.05) is 12.1 Å². The van der Waals surface area contributed by atoms with E-state index in [0.29, 0.717) is 59.6 Å². The lowest BCUT2D eigenvalue weighted by molar-refractivity contribution is -0.145. The number of carbonyl (C=O) groups is 5. The molecule has 0 aromatic heterocycles. The van der Waals surface area contributed by atoms with Crippen molar-refractivity contribution in [3.8, 4) is 22.6 Å². The minimum atomic E-state index is -1.21. The molecule has 0 spiro atoms. The number of amides is 4. The van der Waals surface area contributed by atoms with Gasteiger partial charge in [0.2, 0.25) is 17.7 Å². The van der Waals surface area contributed by atoms with Crippen LogP contribution in [0.3, 0.4) is 0 Å². The molecule has 3 rings (SSSR count). The minimum Gasteiger partial charge on any atom is -0.496 e. The van der Waals surface area contributed by atoms with E-state index in [9.17, 15) is 24.0 Å². The predicted octanol–water partition coefficient (Wildman–Crippen LogP) is 2.61. The Labute approximate surface area is 287 Å². The van der Waals surface area contributed by atoms with Gasteiger partial charge in [-0.2, -0.15) is 0 Å². The van der Waals surface area contributed by atoms with Crippen molar-refractivity contribution in [2.45, 2.75) is 83.1 Å². The van der Waals surface area contributed by atoms with Crippen molar-refractivity contribution in [2.75, 3.05) is 34.9 Å². The van der Waals surface area contributed by atoms with E-state index >= 15 is 0 Å². The summed E-state index contributed by atoms with van der Waals surface area (Å²) in [4.78, 5) is 66.8. The molecule has 14 heteroatoms. The molecule has 4 atom stereocenters. The first-order valence-electron chi connectivity index (χ1n) is 16.1. The number of hydrogen-bond donors (Lipinski definition) is 4. The van der Waals surface area contributed by atoms with E-state index in [0.717, 1.165) is 0 Å². The maximum Gasteiger partial charge on any atom is 0.407 e. The SMILES string of the molecule is COC(=O)[C@@H]1Cc2ccc(OC)c(c2)-c2cc(ccc2OC)[C@H](N(C)C(=O)[C@@H](N)CCCCNC(=O)OC(C)(C)C)C(=O)N[C@@H](C)C(=O)N1. The highest BCUT2D eigenvalue weighted by Crippen LogP contribution is 2.39. The number of carbonyl (C=O) groups excluding carboxylic acids is 5. The molecule has 49 heavy (non-hydrogen) atoms. The van der Waals surface area contributed by atoms with Crippen LogP contribution in [-0.4, -0.2) is 93.3 Å². The lowest BCUT2D eigenvalue weighted by Gasteiger charge is -2.31. The van der Waals surface area contributed by atoms with Crippen LogP contribution in [0.4, 0.5) is 4.79 Å². The van der Waals surface area contributed by atoms with Crippen LogP contribution < -0.4 is 31.2 Å². The van der Waals surface area contributed by atoms with Crippen molar-refractivity contribution in [3.63, 3.8) is 0 Å². The third-order valence-electron chi connectivity index (χ3n) is 8.00. The molecule has 0 saturated heterocycles. The molecule has 1 heterocycles. The predicted molar refractivity (Wildman–Crippen MR) is 182 cm³/mol. The second-order valence-electron chi connectivity index (χ2n) is 12.9. The Bertz CT molecular complexity index is 1520. The third kappa shape index (κ3) is 10.3. The molecule has 0 saturated carbocycles. The summed E-state index contributed by atoms with van der Waals surface area (Å²) in [6.07, 6.45) is 0.940. The maximum absolute atomic E-state index is 14.0. The summed E-state index contributed by atoms with van der Waals surface area (Å²) in [6, 6.07) is 6.13. The number of methoxy groups -OCH3 is 3. The molecule has 4 amide bonds. The number of nitrogens with one attached hydrogen (secondary N) is 3. The molecular weight excluding hydrogens is 634 g/mol. The number of alkyl carbamates (subject to hydrolysis) is 1. The third-order valence-corrected chi connectivity index (χ3v) is 8.00. The Hall–Kier alpha value is -4.85. The molecular formula is C35H49N5O9. The fourth-order valence-corrected chi connectivity index (χ4v) is 5.48. The first kappa shape index (κ1) is 38.6. The standard InChI is InChI=1S/C35H49N5O9/c1-20-30(41)39-26(33(44)48-8)18-21-12-14-27(46-6)23(17-21)24-19-22(13-15-28(24)47-7)29(31(42)38-20)40(5)32(43)25(36)11-9-10-16-37-34(45)49-35(2,3)4/h12-15,17,19-20,25-26,29H,9-11,16,18,36H2,1-8H3,(H,37,45)(H,38,42)(H,39,41)/t20-,25-,26-,29-/m0/s1. The van der Waals surface area contributed by atoms with E-state index in [1.807, 2.05) is 6.07 Å². The first-order valence-corrected chi connectivity index (χ1v) is 16.1. The van der Waals surface area contributed by atoms with E-state index in [-0.39, 0.29) is 6.42 Å². The zero-order valence-corrected chi connectivity index (χ0v) is 29.5. The highest BCUT2D eigenvalue weighted by molar-refractivity contribution is 5.95. The molecule has 0 unspecified atom stereocenters. The molecule has 0 radical (unpaired) electrons. The van der Waals surface area contributed by atoms with Crippen molar-refractivity contribution in [3.05, 3.63) is 47.5 Å². The molecule has 0 fully saturated rings. The fraction of sp³-hybridized carbons (Fsp3) is 0.514. The summed E-state index contributed by atoms with van der Waals surface area (Å²) < 4.78 is 21.5. The quantitative estimate of drug-likeness (QED) is 0.214. The Morgan fingerprint density at radius 2 is 1.59 bits per heavy atom. The van der Waals surface area contributed by atoms with Gasteiger partial charge in [-0.15, -0.1) is 0 Å². The van der Waals surface area contributed by atoms with E-state index in [1.54, 1.807) is 51.1 Å². The largest absolute Gasteiger partial charge is 0.496 e. The zero-order valence-electron chi connectivity index (χ0n) is 29.5. The van der Waals surface area contributed by atoms with E-state index in [4.69, 9.17) is 24.7 Å². The highest BCUT2D eigenvalue weighted by Gasteiger charge is 2.34. The van der Waals surface area contributed by atoms with Crippen LogP contribution in [0.1, 0.15) is 64.1 Å². The molecule has 2 aromatic rings. The van der Waals surface area contributed by atoms with E-state index < -0.39 is 59.6 Å². The molecule has 5 N–H and O–H groups in total. The number of nitrogens with two attached hydrogens (primary N) is 1. The number of esters is 1. The van der Waals surface area contributed by atoms with Gasteiger partial charge in [-0.25, -0.2) is 9.59 Å². The summed E-state index contributed by atoms with van der Waals surface area (Å²) in [7, 11) is 5.73. The van der Waals surface area contributed by atoms with Crippen molar-refractivity contribution in [1.29, 1.82) is 0 Å². The molecule has 268 valence electrons. The Kier molecular flexibility index (Phi) is 13.4. The van der Waals surface area contributed by atoms with Gasteiger partial charge in [0.25, 0.3) is 0 Å². The Balaban J connectivity index is 1.97. The van der Waals surface area contributed by atoms with Gasteiger partial charge in [0.15, 0.2) is 0 Å². The second-order valence-corrected chi connectivity index (χ2v) is 12.9. The summed E-state index contributed by atoms with van der Waals surface area (Å²) in [6.45, 7) is 7.14. The number of rotatable bonds is 10. The van der Waals surface area contributed by atoms with Crippen LogP contribution in [0.15, 0.2) is 36.4 Å². The van der Waals surface area contributed by atoms with Gasteiger partial charge in [0, 0.05) is 31.1 Å². The number of likely N-dealkylation sites (N-methyl/N-ethyl adjacent to an activating group) is 1. The summed E-state index contributed by atoms with van der Waals surface area (Å²) >= 11 is 0. The summed E-state index contributed by atoms with van der Waals surface area (Å²) in [5, 5.41) is 8.05. The Morgan fingerprint density at radius 1 is 0.959 bits per heavy atom. The second kappa shape index (κ2) is 17.0. The number of benzene rings is 2. The number of nitrogens with zero attached hydrogens (tertiary/aromatic N) is 1. The normalized spacial score (nSPS) is 18.5. The molecule has 1 aliphatic heterocycles. The number of hydrogen-bond acceptors (Lipinski definition) is 10. The van der Waals surface area contributed by atoms with Gasteiger partial charge in [-0.05, 0) is 82.3 Å². The maximum atomic E-state index is 14.0. The van der Waals surface area contributed by atoms with Crippen LogP contribution in [0.25, 0.3) is 11.1 Å².